The Bertz CT molecular complexity index is 138. The van der Waals surface area contributed by atoms with E-state index in [9.17, 15) is 0 Å². The number of thioether (sulfide) groups is 1. The van der Waals surface area contributed by atoms with Crippen molar-refractivity contribution in [2.75, 3.05) is 11.5 Å². The van der Waals surface area contributed by atoms with Gasteiger partial charge in [-0.25, -0.2) is 0 Å². The van der Waals surface area contributed by atoms with Gasteiger partial charge in [0.1, 0.15) is 0 Å². The molecule has 1 saturated carbocycles. The van der Waals surface area contributed by atoms with E-state index >= 15 is 0 Å². The van der Waals surface area contributed by atoms with Crippen LogP contribution in [0.1, 0.15) is 39.5 Å². The SMILES string of the molecule is CCSCCCC1CCC(Cl)C1C. The third-order valence-electron chi connectivity index (χ3n) is 3.20. The van der Waals surface area contributed by atoms with Gasteiger partial charge in [-0.05, 0) is 49.0 Å². The maximum absolute atomic E-state index is 6.19. The Kier molecular flexibility index (Phi) is 5.57. The molecule has 1 fully saturated rings. The fourth-order valence-corrected chi connectivity index (χ4v) is 3.18. The molecule has 0 radical (unpaired) electrons. The van der Waals surface area contributed by atoms with Crippen molar-refractivity contribution in [1.29, 1.82) is 0 Å². The quantitative estimate of drug-likeness (QED) is 0.495. The fourth-order valence-electron chi connectivity index (χ4n) is 2.19. The molecule has 0 aromatic heterocycles. The molecule has 0 amide bonds. The highest BCUT2D eigenvalue weighted by Gasteiger charge is 2.30. The van der Waals surface area contributed by atoms with Gasteiger partial charge in [0, 0.05) is 5.38 Å². The van der Waals surface area contributed by atoms with Crippen molar-refractivity contribution in [3.8, 4) is 0 Å². The highest BCUT2D eigenvalue weighted by Crippen LogP contribution is 2.38. The van der Waals surface area contributed by atoms with E-state index in [2.05, 4.69) is 25.6 Å². The van der Waals surface area contributed by atoms with Gasteiger partial charge >= 0.3 is 0 Å². The number of hydrogen-bond donors (Lipinski definition) is 0. The third kappa shape index (κ3) is 3.71. The molecule has 0 bridgehead atoms. The summed E-state index contributed by atoms with van der Waals surface area (Å²) in [6.45, 7) is 4.56. The van der Waals surface area contributed by atoms with Crippen molar-refractivity contribution >= 4 is 23.4 Å². The van der Waals surface area contributed by atoms with Crippen LogP contribution in [-0.2, 0) is 0 Å². The molecule has 3 atom stereocenters. The summed E-state index contributed by atoms with van der Waals surface area (Å²) in [5.74, 6) is 4.28. The summed E-state index contributed by atoms with van der Waals surface area (Å²) in [5.41, 5.74) is 0. The van der Waals surface area contributed by atoms with Crippen molar-refractivity contribution in [3.05, 3.63) is 0 Å². The number of rotatable bonds is 5. The first-order valence-electron chi connectivity index (χ1n) is 5.47. The highest BCUT2D eigenvalue weighted by molar-refractivity contribution is 7.99. The van der Waals surface area contributed by atoms with Gasteiger partial charge in [0.25, 0.3) is 0 Å². The van der Waals surface area contributed by atoms with E-state index in [-0.39, 0.29) is 0 Å². The summed E-state index contributed by atoms with van der Waals surface area (Å²) in [4.78, 5) is 0. The second-order valence-corrected chi connectivity index (χ2v) is 6.01. The van der Waals surface area contributed by atoms with Gasteiger partial charge in [-0.15, -0.1) is 11.6 Å². The summed E-state index contributed by atoms with van der Waals surface area (Å²) in [5, 5.41) is 0.462. The van der Waals surface area contributed by atoms with Crippen LogP contribution in [-0.4, -0.2) is 16.9 Å². The third-order valence-corrected chi connectivity index (χ3v) is 4.80. The Hall–Kier alpha value is 0.640. The molecule has 78 valence electrons. The molecular weight excluding hydrogens is 200 g/mol. The van der Waals surface area contributed by atoms with Crippen LogP contribution in [0.15, 0.2) is 0 Å². The van der Waals surface area contributed by atoms with E-state index in [0.717, 1.165) is 11.8 Å². The van der Waals surface area contributed by atoms with Crippen LogP contribution in [0.5, 0.6) is 0 Å². The molecular formula is C11H21ClS. The molecule has 2 heteroatoms. The van der Waals surface area contributed by atoms with Gasteiger partial charge in [-0.3, -0.25) is 0 Å². The van der Waals surface area contributed by atoms with Crippen LogP contribution in [0.4, 0.5) is 0 Å². The second-order valence-electron chi connectivity index (χ2n) is 4.05. The number of hydrogen-bond acceptors (Lipinski definition) is 1. The van der Waals surface area contributed by atoms with Crippen LogP contribution < -0.4 is 0 Å². The molecule has 1 rings (SSSR count). The van der Waals surface area contributed by atoms with Gasteiger partial charge in [0.05, 0.1) is 0 Å². The number of alkyl halides is 1. The van der Waals surface area contributed by atoms with Gasteiger partial charge < -0.3 is 0 Å². The Balaban J connectivity index is 2.08. The first-order valence-corrected chi connectivity index (χ1v) is 7.06. The van der Waals surface area contributed by atoms with E-state index in [1.165, 1.54) is 37.2 Å². The lowest BCUT2D eigenvalue weighted by Gasteiger charge is -2.16. The lowest BCUT2D eigenvalue weighted by atomic mass is 9.93. The minimum Gasteiger partial charge on any atom is -0.162 e. The minimum absolute atomic E-state index is 0.462. The Morgan fingerprint density at radius 1 is 1.38 bits per heavy atom. The summed E-state index contributed by atoms with van der Waals surface area (Å²) in [7, 11) is 0. The van der Waals surface area contributed by atoms with E-state index in [1.54, 1.807) is 0 Å². The molecule has 0 nitrogen and oxygen atoms in total. The Morgan fingerprint density at radius 2 is 2.15 bits per heavy atom. The van der Waals surface area contributed by atoms with Gasteiger partial charge in [0.2, 0.25) is 0 Å². The molecule has 0 heterocycles. The molecule has 1 aliphatic carbocycles. The van der Waals surface area contributed by atoms with Crippen molar-refractivity contribution < 1.29 is 0 Å². The van der Waals surface area contributed by atoms with Crippen LogP contribution in [0.2, 0.25) is 0 Å². The maximum Gasteiger partial charge on any atom is 0.0364 e. The molecule has 0 aliphatic heterocycles. The molecule has 0 N–H and O–H groups in total. The van der Waals surface area contributed by atoms with Crippen LogP contribution in [0, 0.1) is 11.8 Å². The van der Waals surface area contributed by atoms with E-state index in [4.69, 9.17) is 11.6 Å². The van der Waals surface area contributed by atoms with E-state index < -0.39 is 0 Å². The largest absolute Gasteiger partial charge is 0.162 e. The molecule has 0 saturated heterocycles. The van der Waals surface area contributed by atoms with Crippen molar-refractivity contribution in [2.45, 2.75) is 44.9 Å². The predicted molar refractivity (Wildman–Crippen MR) is 63.8 cm³/mol. The van der Waals surface area contributed by atoms with Crippen LogP contribution in [0.3, 0.4) is 0 Å². The fraction of sp³-hybridized carbons (Fsp3) is 1.00. The van der Waals surface area contributed by atoms with Gasteiger partial charge in [-0.2, -0.15) is 11.8 Å². The first kappa shape index (κ1) is 11.7. The van der Waals surface area contributed by atoms with E-state index in [1.807, 2.05) is 0 Å². The van der Waals surface area contributed by atoms with Gasteiger partial charge in [-0.1, -0.05) is 13.8 Å². The number of halogens is 1. The average Bonchev–Trinajstić information content (AvgIpc) is 2.43. The molecule has 3 unspecified atom stereocenters. The summed E-state index contributed by atoms with van der Waals surface area (Å²) in [6.07, 6.45) is 5.40. The molecule has 13 heavy (non-hydrogen) atoms. The standard InChI is InChI=1S/C11H21ClS/c1-3-13-8-4-5-10-6-7-11(12)9(10)2/h9-11H,3-8H2,1-2H3. The normalized spacial score (nSPS) is 33.9. The summed E-state index contributed by atoms with van der Waals surface area (Å²) >= 11 is 8.25. The van der Waals surface area contributed by atoms with Crippen LogP contribution in [0.25, 0.3) is 0 Å². The molecule has 0 aromatic rings. The molecule has 1 aliphatic rings. The maximum atomic E-state index is 6.19. The zero-order chi connectivity index (χ0) is 9.68. The molecule has 0 aromatic carbocycles. The van der Waals surface area contributed by atoms with Crippen molar-refractivity contribution in [2.24, 2.45) is 11.8 Å². The lowest BCUT2D eigenvalue weighted by Crippen LogP contribution is -2.10. The first-order chi connectivity index (χ1) is 6.25. The Labute approximate surface area is 91.8 Å². The van der Waals surface area contributed by atoms with Crippen molar-refractivity contribution in [3.63, 3.8) is 0 Å². The molecule has 0 spiro atoms. The average molecular weight is 221 g/mol. The Morgan fingerprint density at radius 3 is 2.69 bits per heavy atom. The smallest absolute Gasteiger partial charge is 0.0364 e. The van der Waals surface area contributed by atoms with E-state index in [0.29, 0.717) is 5.38 Å². The van der Waals surface area contributed by atoms with Gasteiger partial charge in [0.15, 0.2) is 0 Å². The highest BCUT2D eigenvalue weighted by atomic mass is 35.5. The predicted octanol–water partition coefficient (Wildman–Crippen LogP) is 4.17. The second kappa shape index (κ2) is 6.19. The van der Waals surface area contributed by atoms with Crippen LogP contribution >= 0.6 is 23.4 Å². The topological polar surface area (TPSA) is 0 Å². The monoisotopic (exact) mass is 220 g/mol. The minimum atomic E-state index is 0.462. The summed E-state index contributed by atoms with van der Waals surface area (Å²) < 4.78 is 0. The lowest BCUT2D eigenvalue weighted by molar-refractivity contribution is 0.391. The zero-order valence-electron chi connectivity index (χ0n) is 8.76. The zero-order valence-corrected chi connectivity index (χ0v) is 10.3. The van der Waals surface area contributed by atoms with Crippen molar-refractivity contribution in [1.82, 2.24) is 0 Å². The summed E-state index contributed by atoms with van der Waals surface area (Å²) in [6, 6.07) is 0.